The fourth-order valence-corrected chi connectivity index (χ4v) is 5.01. The summed E-state index contributed by atoms with van der Waals surface area (Å²) in [6.07, 6.45) is 1.19. The summed E-state index contributed by atoms with van der Waals surface area (Å²) in [6, 6.07) is 6.07. The SMILES string of the molecule is C[C@@H]1C[C@@H](C)CN(C(=O)CSc2nnc3c4cc(Br)ccc4n(C)c3n2)C1. The molecule has 0 N–H and O–H groups in total. The van der Waals surface area contributed by atoms with Gasteiger partial charge in [-0.1, -0.05) is 41.5 Å². The number of aromatic nitrogens is 4. The van der Waals surface area contributed by atoms with Crippen molar-refractivity contribution < 1.29 is 4.79 Å². The van der Waals surface area contributed by atoms with E-state index in [0.29, 0.717) is 22.7 Å². The Balaban J connectivity index is 1.53. The first-order valence-electron chi connectivity index (χ1n) is 9.11. The number of carbonyl (C=O) groups is 1. The van der Waals surface area contributed by atoms with E-state index in [9.17, 15) is 4.79 Å². The number of thioether (sulfide) groups is 1. The maximum Gasteiger partial charge on any atom is 0.233 e. The Morgan fingerprint density at radius 1 is 1.26 bits per heavy atom. The molecule has 2 atom stereocenters. The Bertz CT molecular complexity index is 1010. The summed E-state index contributed by atoms with van der Waals surface area (Å²) in [5, 5.41) is 10.2. The number of amides is 1. The number of nitrogens with zero attached hydrogens (tertiary/aromatic N) is 5. The van der Waals surface area contributed by atoms with Gasteiger partial charge in [0, 0.05) is 30.0 Å². The number of hydrogen-bond donors (Lipinski definition) is 0. The molecule has 1 amide bonds. The van der Waals surface area contributed by atoms with Crippen LogP contribution in [0.2, 0.25) is 0 Å². The Morgan fingerprint density at radius 3 is 2.74 bits per heavy atom. The van der Waals surface area contributed by atoms with Crippen LogP contribution < -0.4 is 0 Å². The van der Waals surface area contributed by atoms with E-state index < -0.39 is 0 Å². The third-order valence-electron chi connectivity index (χ3n) is 5.09. The molecule has 1 saturated heterocycles. The van der Waals surface area contributed by atoms with Crippen LogP contribution in [0.25, 0.3) is 22.1 Å². The van der Waals surface area contributed by atoms with E-state index in [4.69, 9.17) is 0 Å². The normalized spacial score (nSPS) is 20.5. The standard InChI is InChI=1S/C19H22BrN5OS/c1-11-6-12(2)9-25(8-11)16(26)10-27-19-21-18-17(22-23-19)14-7-13(20)4-5-15(14)24(18)3/h4-5,7,11-12H,6,8-10H2,1-3H3/t11-,12-/m1/s1. The lowest BCUT2D eigenvalue weighted by Crippen LogP contribution is -2.43. The average Bonchev–Trinajstić information content (AvgIpc) is 2.90. The molecule has 8 heteroatoms. The van der Waals surface area contributed by atoms with Gasteiger partial charge in [-0.25, -0.2) is 4.98 Å². The minimum Gasteiger partial charge on any atom is -0.341 e. The van der Waals surface area contributed by atoms with Gasteiger partial charge in [0.05, 0.1) is 11.3 Å². The van der Waals surface area contributed by atoms with Crippen molar-refractivity contribution in [2.75, 3.05) is 18.8 Å². The van der Waals surface area contributed by atoms with Gasteiger partial charge in [0.15, 0.2) is 5.65 Å². The van der Waals surface area contributed by atoms with Crippen molar-refractivity contribution in [3.63, 3.8) is 0 Å². The van der Waals surface area contributed by atoms with Crippen LogP contribution in [0.1, 0.15) is 20.3 Å². The van der Waals surface area contributed by atoms with Crippen LogP contribution >= 0.6 is 27.7 Å². The molecular weight excluding hydrogens is 426 g/mol. The van der Waals surface area contributed by atoms with E-state index in [1.54, 1.807) is 0 Å². The number of piperidine rings is 1. The van der Waals surface area contributed by atoms with Gasteiger partial charge in [-0.15, -0.1) is 10.2 Å². The molecule has 2 aromatic heterocycles. The molecule has 1 fully saturated rings. The second-order valence-electron chi connectivity index (χ2n) is 7.52. The van der Waals surface area contributed by atoms with Crippen LogP contribution in [0, 0.1) is 11.8 Å². The van der Waals surface area contributed by atoms with Gasteiger partial charge in [-0.2, -0.15) is 0 Å². The number of rotatable bonds is 3. The quantitative estimate of drug-likeness (QED) is 0.570. The van der Waals surface area contributed by atoms with E-state index in [1.165, 1.54) is 18.2 Å². The smallest absolute Gasteiger partial charge is 0.233 e. The Hall–Kier alpha value is -1.67. The van der Waals surface area contributed by atoms with Crippen molar-refractivity contribution in [2.24, 2.45) is 18.9 Å². The number of likely N-dealkylation sites (tertiary alicyclic amines) is 1. The Morgan fingerprint density at radius 2 is 2.00 bits per heavy atom. The van der Waals surface area contributed by atoms with E-state index in [1.807, 2.05) is 34.7 Å². The fourth-order valence-electron chi connectivity index (χ4n) is 3.96. The highest BCUT2D eigenvalue weighted by Crippen LogP contribution is 2.29. The van der Waals surface area contributed by atoms with Gasteiger partial charge in [0.25, 0.3) is 0 Å². The molecule has 0 bridgehead atoms. The zero-order valence-electron chi connectivity index (χ0n) is 15.6. The van der Waals surface area contributed by atoms with Crippen molar-refractivity contribution in [2.45, 2.75) is 25.4 Å². The summed E-state index contributed by atoms with van der Waals surface area (Å²) < 4.78 is 3.02. The zero-order valence-corrected chi connectivity index (χ0v) is 18.0. The van der Waals surface area contributed by atoms with Crippen molar-refractivity contribution in [1.29, 1.82) is 0 Å². The van der Waals surface area contributed by atoms with Crippen molar-refractivity contribution in [3.05, 3.63) is 22.7 Å². The number of halogens is 1. The lowest BCUT2D eigenvalue weighted by molar-refractivity contribution is -0.130. The lowest BCUT2D eigenvalue weighted by atomic mass is 9.92. The first-order valence-corrected chi connectivity index (χ1v) is 10.9. The molecule has 0 saturated carbocycles. The van der Waals surface area contributed by atoms with Crippen LogP contribution in [0.4, 0.5) is 0 Å². The fraction of sp³-hybridized carbons (Fsp3) is 0.474. The van der Waals surface area contributed by atoms with Crippen molar-refractivity contribution >= 4 is 55.7 Å². The Labute approximate surface area is 170 Å². The molecule has 1 aromatic carbocycles. The number of carbonyl (C=O) groups excluding carboxylic acids is 1. The van der Waals surface area contributed by atoms with Gasteiger partial charge in [0.1, 0.15) is 5.52 Å². The summed E-state index contributed by atoms with van der Waals surface area (Å²) in [6.45, 7) is 6.12. The molecule has 3 heterocycles. The molecule has 4 rings (SSSR count). The average molecular weight is 448 g/mol. The predicted octanol–water partition coefficient (Wildman–Crippen LogP) is 3.88. The largest absolute Gasteiger partial charge is 0.341 e. The van der Waals surface area contributed by atoms with Crippen LogP contribution in [-0.2, 0) is 11.8 Å². The topological polar surface area (TPSA) is 63.9 Å². The molecule has 0 radical (unpaired) electrons. The molecule has 6 nitrogen and oxygen atoms in total. The summed E-state index contributed by atoms with van der Waals surface area (Å²) in [5.41, 5.74) is 2.63. The molecule has 0 spiro atoms. The molecule has 27 heavy (non-hydrogen) atoms. The summed E-state index contributed by atoms with van der Waals surface area (Å²) in [5.74, 6) is 1.63. The molecule has 3 aromatic rings. The van der Waals surface area contributed by atoms with E-state index in [0.717, 1.165) is 39.6 Å². The predicted molar refractivity (Wildman–Crippen MR) is 112 cm³/mol. The summed E-state index contributed by atoms with van der Waals surface area (Å²) >= 11 is 4.87. The van der Waals surface area contributed by atoms with Crippen molar-refractivity contribution in [3.8, 4) is 0 Å². The molecular formula is C19H22BrN5OS. The molecule has 1 aliphatic heterocycles. The minimum absolute atomic E-state index is 0.156. The van der Waals surface area contributed by atoms with Crippen molar-refractivity contribution in [1.82, 2.24) is 24.6 Å². The highest BCUT2D eigenvalue weighted by atomic mass is 79.9. The van der Waals surface area contributed by atoms with Crippen LogP contribution in [0.5, 0.6) is 0 Å². The second-order valence-corrected chi connectivity index (χ2v) is 9.38. The van der Waals surface area contributed by atoms with E-state index in [-0.39, 0.29) is 5.91 Å². The van der Waals surface area contributed by atoms with E-state index >= 15 is 0 Å². The number of hydrogen-bond acceptors (Lipinski definition) is 5. The summed E-state index contributed by atoms with van der Waals surface area (Å²) in [4.78, 5) is 19.2. The first-order chi connectivity index (χ1) is 12.9. The maximum absolute atomic E-state index is 12.6. The highest BCUT2D eigenvalue weighted by Gasteiger charge is 2.25. The van der Waals surface area contributed by atoms with Gasteiger partial charge in [-0.3, -0.25) is 4.79 Å². The highest BCUT2D eigenvalue weighted by molar-refractivity contribution is 9.10. The van der Waals surface area contributed by atoms with Crippen LogP contribution in [0.15, 0.2) is 27.8 Å². The van der Waals surface area contributed by atoms with Gasteiger partial charge in [0.2, 0.25) is 11.1 Å². The number of fused-ring (bicyclic) bond motifs is 3. The molecule has 142 valence electrons. The lowest BCUT2D eigenvalue weighted by Gasteiger charge is -2.34. The Kier molecular flexibility index (Phi) is 5.11. The van der Waals surface area contributed by atoms with Gasteiger partial charge in [-0.05, 0) is 36.5 Å². The molecule has 0 unspecified atom stereocenters. The monoisotopic (exact) mass is 447 g/mol. The minimum atomic E-state index is 0.156. The summed E-state index contributed by atoms with van der Waals surface area (Å²) in [7, 11) is 1.98. The zero-order chi connectivity index (χ0) is 19.1. The first kappa shape index (κ1) is 18.7. The molecule has 0 aliphatic carbocycles. The maximum atomic E-state index is 12.6. The van der Waals surface area contributed by atoms with Crippen LogP contribution in [0.3, 0.4) is 0 Å². The van der Waals surface area contributed by atoms with Gasteiger partial charge < -0.3 is 9.47 Å². The van der Waals surface area contributed by atoms with Crippen LogP contribution in [-0.4, -0.2) is 49.4 Å². The second kappa shape index (κ2) is 7.39. The van der Waals surface area contributed by atoms with Gasteiger partial charge >= 0.3 is 0 Å². The number of aryl methyl sites for hydroxylation is 1. The molecule has 1 aliphatic rings. The third kappa shape index (κ3) is 3.69. The van der Waals surface area contributed by atoms with E-state index in [2.05, 4.69) is 45.0 Å². The third-order valence-corrected chi connectivity index (χ3v) is 6.40. The number of benzene rings is 1.